The van der Waals surface area contributed by atoms with Crippen molar-refractivity contribution in [2.45, 2.75) is 20.8 Å². The summed E-state index contributed by atoms with van der Waals surface area (Å²) in [7, 11) is 0. The van der Waals surface area contributed by atoms with Gasteiger partial charge in [0, 0.05) is 5.70 Å². The third-order valence-corrected chi connectivity index (χ3v) is 0.649. The molecule has 0 aromatic rings. The minimum absolute atomic E-state index is 0.664. The van der Waals surface area contributed by atoms with Gasteiger partial charge in [-0.15, -0.1) is 0 Å². The number of hydrogen-bond donors (Lipinski definition) is 1. The predicted molar refractivity (Wildman–Crippen MR) is 48.6 cm³/mol. The number of allylic oxidation sites excluding steroid dienone is 3. The van der Waals surface area contributed by atoms with Gasteiger partial charge in [-0.2, -0.15) is 0 Å². The van der Waals surface area contributed by atoms with Crippen LogP contribution in [0, 0.1) is 0 Å². The molecule has 1 nitrogen and oxygen atoms in total. The van der Waals surface area contributed by atoms with E-state index < -0.39 is 0 Å². The monoisotopic (exact) mass is 139 g/mol. The first-order valence-electron chi connectivity index (χ1n) is 3.42. The Morgan fingerprint density at radius 2 is 1.80 bits per heavy atom. The van der Waals surface area contributed by atoms with E-state index in [2.05, 4.69) is 13.2 Å². The third kappa shape index (κ3) is 10.1. The van der Waals surface area contributed by atoms with Gasteiger partial charge in [0.2, 0.25) is 0 Å². The van der Waals surface area contributed by atoms with E-state index >= 15 is 0 Å². The van der Waals surface area contributed by atoms with Crippen molar-refractivity contribution >= 4 is 0 Å². The third-order valence-electron chi connectivity index (χ3n) is 0.649. The highest BCUT2D eigenvalue weighted by Gasteiger charge is 1.77. The van der Waals surface area contributed by atoms with Gasteiger partial charge in [0.25, 0.3) is 0 Å². The van der Waals surface area contributed by atoms with Crippen LogP contribution in [0.2, 0.25) is 0 Å². The molecule has 0 aliphatic heterocycles. The number of nitrogens with two attached hydrogens (primary N) is 1. The standard InChI is InChI=1S/C7H11N.C2H6/c1-4-7(8)5-6(2)3;1-2/h4-5H,1-2,8H2,3H3;1-2H3/b7-5+;. The zero-order chi connectivity index (χ0) is 8.57. The molecule has 0 radical (unpaired) electrons. The molecule has 58 valence electrons. The minimum atomic E-state index is 0.664. The summed E-state index contributed by atoms with van der Waals surface area (Å²) in [6, 6.07) is 0. The van der Waals surface area contributed by atoms with Crippen LogP contribution in [-0.4, -0.2) is 0 Å². The summed E-state index contributed by atoms with van der Waals surface area (Å²) in [5, 5.41) is 0. The summed E-state index contributed by atoms with van der Waals surface area (Å²) in [6.45, 7) is 13.0. The van der Waals surface area contributed by atoms with Gasteiger partial charge in [0.15, 0.2) is 0 Å². The second-order valence-corrected chi connectivity index (χ2v) is 1.69. The Kier molecular flexibility index (Phi) is 9.44. The molecule has 0 rings (SSSR count). The number of rotatable bonds is 2. The molecule has 0 unspecified atom stereocenters. The van der Waals surface area contributed by atoms with Crippen LogP contribution in [0.15, 0.2) is 36.6 Å². The minimum Gasteiger partial charge on any atom is -0.399 e. The van der Waals surface area contributed by atoms with Crippen LogP contribution in [-0.2, 0) is 0 Å². The molecule has 0 aliphatic carbocycles. The van der Waals surface area contributed by atoms with E-state index in [0.717, 1.165) is 5.57 Å². The molecule has 0 heterocycles. The molecule has 0 aliphatic rings. The normalized spacial score (nSPS) is 9.30. The lowest BCUT2D eigenvalue weighted by Crippen LogP contribution is -1.90. The fourth-order valence-corrected chi connectivity index (χ4v) is 0.343. The molecule has 0 bridgehead atoms. The molecule has 0 saturated carbocycles. The van der Waals surface area contributed by atoms with Crippen molar-refractivity contribution in [2.24, 2.45) is 5.73 Å². The second-order valence-electron chi connectivity index (χ2n) is 1.69. The SMILES string of the molecule is C=C/C(N)=C\C(=C)C.CC. The molecular weight excluding hydrogens is 122 g/mol. The van der Waals surface area contributed by atoms with Gasteiger partial charge in [-0.3, -0.25) is 0 Å². The van der Waals surface area contributed by atoms with Gasteiger partial charge in [-0.25, -0.2) is 0 Å². The highest BCUT2D eigenvalue weighted by molar-refractivity contribution is 5.22. The van der Waals surface area contributed by atoms with Crippen LogP contribution in [0.1, 0.15) is 20.8 Å². The second kappa shape index (κ2) is 8.02. The van der Waals surface area contributed by atoms with E-state index in [1.54, 1.807) is 12.2 Å². The van der Waals surface area contributed by atoms with E-state index in [1.807, 2.05) is 20.8 Å². The first kappa shape index (κ1) is 11.8. The fraction of sp³-hybridized carbons (Fsp3) is 0.333. The van der Waals surface area contributed by atoms with Crippen LogP contribution in [0.5, 0.6) is 0 Å². The van der Waals surface area contributed by atoms with Crippen molar-refractivity contribution in [3.8, 4) is 0 Å². The summed E-state index contributed by atoms with van der Waals surface area (Å²) in [4.78, 5) is 0. The zero-order valence-electron chi connectivity index (χ0n) is 7.15. The van der Waals surface area contributed by atoms with Crippen LogP contribution >= 0.6 is 0 Å². The van der Waals surface area contributed by atoms with Crippen molar-refractivity contribution in [1.82, 2.24) is 0 Å². The maximum atomic E-state index is 5.36. The average Bonchev–Trinajstić information content (AvgIpc) is 1.91. The maximum Gasteiger partial charge on any atom is 0.0310 e. The van der Waals surface area contributed by atoms with Gasteiger partial charge in [-0.05, 0) is 19.1 Å². The maximum absolute atomic E-state index is 5.36. The van der Waals surface area contributed by atoms with E-state index in [4.69, 9.17) is 5.73 Å². The summed E-state index contributed by atoms with van der Waals surface area (Å²) >= 11 is 0. The van der Waals surface area contributed by atoms with Crippen molar-refractivity contribution < 1.29 is 0 Å². The van der Waals surface area contributed by atoms with E-state index in [1.165, 1.54) is 0 Å². The molecule has 2 N–H and O–H groups in total. The quantitative estimate of drug-likeness (QED) is 0.585. The average molecular weight is 139 g/mol. The number of hydrogen-bond acceptors (Lipinski definition) is 1. The highest BCUT2D eigenvalue weighted by Crippen LogP contribution is 1.92. The smallest absolute Gasteiger partial charge is 0.0310 e. The molecule has 0 aromatic carbocycles. The lowest BCUT2D eigenvalue weighted by atomic mass is 10.3. The first-order valence-corrected chi connectivity index (χ1v) is 3.42. The highest BCUT2D eigenvalue weighted by atomic mass is 14.5. The molecule has 0 saturated heterocycles. The van der Waals surface area contributed by atoms with E-state index in [-0.39, 0.29) is 0 Å². The Hall–Kier alpha value is -0.980. The summed E-state index contributed by atoms with van der Waals surface area (Å²) in [5.74, 6) is 0. The van der Waals surface area contributed by atoms with Crippen molar-refractivity contribution in [3.05, 3.63) is 36.6 Å². The molecule has 0 atom stereocenters. The molecule has 0 amide bonds. The first-order chi connectivity index (χ1) is 4.66. The Morgan fingerprint density at radius 1 is 1.40 bits per heavy atom. The Morgan fingerprint density at radius 3 is 1.90 bits per heavy atom. The zero-order valence-corrected chi connectivity index (χ0v) is 7.15. The molecule has 1 heteroatoms. The van der Waals surface area contributed by atoms with Gasteiger partial charge in [0.05, 0.1) is 0 Å². The van der Waals surface area contributed by atoms with E-state index in [9.17, 15) is 0 Å². The summed E-state index contributed by atoms with van der Waals surface area (Å²) < 4.78 is 0. The lowest BCUT2D eigenvalue weighted by Gasteiger charge is -1.88. The van der Waals surface area contributed by atoms with Crippen molar-refractivity contribution in [2.75, 3.05) is 0 Å². The van der Waals surface area contributed by atoms with Crippen LogP contribution in [0.4, 0.5) is 0 Å². The largest absolute Gasteiger partial charge is 0.399 e. The van der Waals surface area contributed by atoms with Gasteiger partial charge >= 0.3 is 0 Å². The summed E-state index contributed by atoms with van der Waals surface area (Å²) in [5.41, 5.74) is 6.97. The summed E-state index contributed by atoms with van der Waals surface area (Å²) in [6.07, 6.45) is 3.36. The Balaban J connectivity index is 0. The van der Waals surface area contributed by atoms with Crippen molar-refractivity contribution in [1.29, 1.82) is 0 Å². The predicted octanol–water partition coefficient (Wildman–Crippen LogP) is 2.62. The van der Waals surface area contributed by atoms with Crippen LogP contribution in [0.25, 0.3) is 0 Å². The topological polar surface area (TPSA) is 26.0 Å². The Labute approximate surface area is 63.9 Å². The molecule has 0 spiro atoms. The van der Waals surface area contributed by atoms with E-state index in [0.29, 0.717) is 5.70 Å². The van der Waals surface area contributed by atoms with Gasteiger partial charge < -0.3 is 5.73 Å². The molecule has 0 fully saturated rings. The fourth-order valence-electron chi connectivity index (χ4n) is 0.343. The molecule has 10 heavy (non-hydrogen) atoms. The van der Waals surface area contributed by atoms with Crippen molar-refractivity contribution in [3.63, 3.8) is 0 Å². The lowest BCUT2D eigenvalue weighted by molar-refractivity contribution is 1.39. The Bertz CT molecular complexity index is 132. The van der Waals surface area contributed by atoms with Gasteiger partial charge in [-0.1, -0.05) is 32.6 Å². The van der Waals surface area contributed by atoms with Crippen LogP contribution in [0.3, 0.4) is 0 Å². The van der Waals surface area contributed by atoms with Crippen LogP contribution < -0.4 is 5.73 Å². The molecule has 0 aromatic heterocycles. The van der Waals surface area contributed by atoms with Gasteiger partial charge in [0.1, 0.15) is 0 Å². The molecular formula is C9H17N.